The highest BCUT2D eigenvalue weighted by Crippen LogP contribution is 2.40. The molecule has 1 atom stereocenters. The van der Waals surface area contributed by atoms with Crippen LogP contribution < -0.4 is 0 Å². The number of carbonyl (C=O) groups excluding carboxylic acids is 2. The summed E-state index contributed by atoms with van der Waals surface area (Å²) in [5, 5.41) is 1.08. The Hall–Kier alpha value is -3.08. The van der Waals surface area contributed by atoms with Crippen molar-refractivity contribution >= 4 is 22.7 Å². The Bertz CT molecular complexity index is 1000. The molecule has 0 saturated carbocycles. The van der Waals surface area contributed by atoms with Crippen molar-refractivity contribution in [3.05, 3.63) is 71.4 Å². The van der Waals surface area contributed by atoms with E-state index in [1.54, 1.807) is 9.80 Å². The average molecular weight is 361 g/mol. The molecular formula is C22H23N3O2. The maximum atomic E-state index is 13.1. The van der Waals surface area contributed by atoms with E-state index in [9.17, 15) is 9.59 Å². The van der Waals surface area contributed by atoms with E-state index in [2.05, 4.69) is 11.1 Å². The molecule has 0 fully saturated rings. The number of benzene rings is 2. The molecule has 0 bridgehead atoms. The zero-order chi connectivity index (χ0) is 19.0. The number of fused-ring (bicyclic) bond motifs is 2. The number of para-hydroxylation sites is 1. The molecule has 1 N–H and O–H groups in total. The molecule has 0 radical (unpaired) electrons. The molecule has 138 valence electrons. The summed E-state index contributed by atoms with van der Waals surface area (Å²) in [6.07, 6.45) is 1.96. The van der Waals surface area contributed by atoms with Crippen LogP contribution in [0.15, 0.2) is 54.7 Å². The average Bonchev–Trinajstić information content (AvgIpc) is 3.23. The van der Waals surface area contributed by atoms with E-state index in [1.165, 1.54) is 0 Å². The van der Waals surface area contributed by atoms with Gasteiger partial charge in [-0.3, -0.25) is 9.59 Å². The Morgan fingerprint density at radius 3 is 2.52 bits per heavy atom. The van der Waals surface area contributed by atoms with Crippen molar-refractivity contribution in [1.29, 1.82) is 0 Å². The lowest BCUT2D eigenvalue weighted by Crippen LogP contribution is -2.41. The van der Waals surface area contributed by atoms with Crippen LogP contribution in [0, 0.1) is 0 Å². The van der Waals surface area contributed by atoms with Gasteiger partial charge in [-0.2, -0.15) is 0 Å². The van der Waals surface area contributed by atoms with Gasteiger partial charge in [0, 0.05) is 41.3 Å². The minimum atomic E-state index is -0.260. The summed E-state index contributed by atoms with van der Waals surface area (Å²) in [4.78, 5) is 32.7. The molecule has 0 spiro atoms. The van der Waals surface area contributed by atoms with E-state index in [-0.39, 0.29) is 24.4 Å². The minimum absolute atomic E-state index is 0.0222. The molecule has 2 amide bonds. The maximum absolute atomic E-state index is 13.1. The molecular weight excluding hydrogens is 338 g/mol. The fourth-order valence-electron chi connectivity index (χ4n) is 4.01. The molecule has 0 saturated heterocycles. The summed E-state index contributed by atoms with van der Waals surface area (Å²) in [5.74, 6) is -0.104. The highest BCUT2D eigenvalue weighted by Gasteiger charge is 2.39. The Labute approximate surface area is 158 Å². The first-order valence-corrected chi connectivity index (χ1v) is 9.39. The summed E-state index contributed by atoms with van der Waals surface area (Å²) < 4.78 is 0. The maximum Gasteiger partial charge on any atom is 0.255 e. The minimum Gasteiger partial charge on any atom is -0.361 e. The van der Waals surface area contributed by atoms with Crippen molar-refractivity contribution in [3.63, 3.8) is 0 Å². The van der Waals surface area contributed by atoms with E-state index in [0.29, 0.717) is 18.7 Å². The van der Waals surface area contributed by atoms with Gasteiger partial charge in [0.2, 0.25) is 5.91 Å². The van der Waals surface area contributed by atoms with Crippen LogP contribution in [-0.2, 0) is 4.79 Å². The van der Waals surface area contributed by atoms with Gasteiger partial charge >= 0.3 is 0 Å². The monoisotopic (exact) mass is 361 g/mol. The number of carbonyl (C=O) groups is 2. The van der Waals surface area contributed by atoms with Crippen LogP contribution >= 0.6 is 0 Å². The number of hydrogen-bond acceptors (Lipinski definition) is 2. The molecule has 0 aliphatic carbocycles. The molecule has 5 nitrogen and oxygen atoms in total. The first kappa shape index (κ1) is 17.3. The Balaban J connectivity index is 1.80. The van der Waals surface area contributed by atoms with E-state index in [4.69, 9.17) is 0 Å². The van der Waals surface area contributed by atoms with Crippen LogP contribution in [0.3, 0.4) is 0 Å². The highest BCUT2D eigenvalue weighted by molar-refractivity contribution is 6.02. The molecule has 2 aromatic carbocycles. The Kier molecular flexibility index (Phi) is 4.44. The van der Waals surface area contributed by atoms with Crippen LogP contribution in [0.2, 0.25) is 0 Å². The fourth-order valence-corrected chi connectivity index (χ4v) is 4.01. The number of nitrogens with zero attached hydrogens (tertiary/aromatic N) is 2. The van der Waals surface area contributed by atoms with Gasteiger partial charge in [0.05, 0.1) is 6.04 Å². The van der Waals surface area contributed by atoms with Crippen LogP contribution in [0.25, 0.3) is 10.9 Å². The van der Waals surface area contributed by atoms with Crippen LogP contribution in [0.1, 0.15) is 41.4 Å². The molecule has 27 heavy (non-hydrogen) atoms. The van der Waals surface area contributed by atoms with Gasteiger partial charge in [-0.25, -0.2) is 0 Å². The second-order valence-electron chi connectivity index (χ2n) is 6.78. The van der Waals surface area contributed by atoms with Crippen molar-refractivity contribution in [2.75, 3.05) is 19.6 Å². The zero-order valence-electron chi connectivity index (χ0n) is 15.6. The summed E-state index contributed by atoms with van der Waals surface area (Å²) in [5.41, 5.74) is 3.69. The van der Waals surface area contributed by atoms with Crippen molar-refractivity contribution in [3.8, 4) is 0 Å². The molecule has 2 heterocycles. The molecule has 1 unspecified atom stereocenters. The molecule has 3 aromatic rings. The lowest BCUT2D eigenvalue weighted by Gasteiger charge is -2.28. The Morgan fingerprint density at radius 1 is 1.04 bits per heavy atom. The second-order valence-corrected chi connectivity index (χ2v) is 6.78. The molecule has 1 aliphatic heterocycles. The molecule has 5 heteroatoms. The van der Waals surface area contributed by atoms with Crippen molar-refractivity contribution in [2.45, 2.75) is 19.9 Å². The quantitative estimate of drug-likeness (QED) is 0.755. The SMILES string of the molecule is CCN(CC)C(=O)CN1C(=O)c2ccccc2C1c1c[nH]c2ccccc12. The predicted octanol–water partition coefficient (Wildman–Crippen LogP) is 3.58. The topological polar surface area (TPSA) is 56.4 Å². The number of aromatic amines is 1. The normalized spacial score (nSPS) is 16.0. The fraction of sp³-hybridized carbons (Fsp3) is 0.273. The largest absolute Gasteiger partial charge is 0.361 e. The number of aromatic nitrogens is 1. The highest BCUT2D eigenvalue weighted by atomic mass is 16.2. The van der Waals surface area contributed by atoms with Gasteiger partial charge in [-0.1, -0.05) is 36.4 Å². The number of H-pyrrole nitrogens is 1. The third-order valence-corrected chi connectivity index (χ3v) is 5.40. The number of amides is 2. The van der Waals surface area contributed by atoms with E-state index in [0.717, 1.165) is 22.0 Å². The zero-order valence-corrected chi connectivity index (χ0v) is 15.6. The summed E-state index contributed by atoms with van der Waals surface area (Å²) in [6, 6.07) is 15.4. The van der Waals surface area contributed by atoms with Crippen molar-refractivity contribution < 1.29 is 9.59 Å². The van der Waals surface area contributed by atoms with E-state index in [1.807, 2.05) is 62.5 Å². The van der Waals surface area contributed by atoms with Crippen LogP contribution in [0.4, 0.5) is 0 Å². The van der Waals surface area contributed by atoms with Gasteiger partial charge < -0.3 is 14.8 Å². The van der Waals surface area contributed by atoms with Gasteiger partial charge in [0.1, 0.15) is 6.54 Å². The van der Waals surface area contributed by atoms with E-state index >= 15 is 0 Å². The van der Waals surface area contributed by atoms with Gasteiger partial charge in [0.25, 0.3) is 5.91 Å². The number of hydrogen-bond donors (Lipinski definition) is 1. The van der Waals surface area contributed by atoms with Crippen LogP contribution in [-0.4, -0.2) is 46.2 Å². The smallest absolute Gasteiger partial charge is 0.255 e. The molecule has 1 aromatic heterocycles. The second kappa shape index (κ2) is 6.91. The molecule has 1 aliphatic rings. The van der Waals surface area contributed by atoms with Gasteiger partial charge in [-0.15, -0.1) is 0 Å². The first-order valence-electron chi connectivity index (χ1n) is 9.39. The van der Waals surface area contributed by atoms with E-state index < -0.39 is 0 Å². The predicted molar refractivity (Wildman–Crippen MR) is 106 cm³/mol. The van der Waals surface area contributed by atoms with Crippen molar-refractivity contribution in [1.82, 2.24) is 14.8 Å². The summed E-state index contributed by atoms with van der Waals surface area (Å²) in [7, 11) is 0. The third-order valence-electron chi connectivity index (χ3n) is 5.40. The first-order chi connectivity index (χ1) is 13.2. The van der Waals surface area contributed by atoms with Gasteiger partial charge in [0.15, 0.2) is 0 Å². The lowest BCUT2D eigenvalue weighted by atomic mass is 9.97. The van der Waals surface area contributed by atoms with Crippen LogP contribution in [0.5, 0.6) is 0 Å². The Morgan fingerprint density at radius 2 is 1.74 bits per heavy atom. The number of nitrogens with one attached hydrogen (secondary N) is 1. The number of likely N-dealkylation sites (N-methyl/N-ethyl adjacent to an activating group) is 1. The van der Waals surface area contributed by atoms with Gasteiger partial charge in [-0.05, 0) is 31.5 Å². The lowest BCUT2D eigenvalue weighted by molar-refractivity contribution is -0.131. The third kappa shape index (κ3) is 2.79. The summed E-state index contributed by atoms with van der Waals surface area (Å²) in [6.45, 7) is 5.28. The summed E-state index contributed by atoms with van der Waals surface area (Å²) >= 11 is 0. The molecule has 4 rings (SSSR count). The number of rotatable bonds is 5. The standard InChI is InChI=1S/C22H23N3O2/c1-3-24(4-2)20(26)14-25-21(16-10-5-6-11-17(16)22(25)27)18-13-23-19-12-8-7-9-15(18)19/h5-13,21,23H,3-4,14H2,1-2H3. The van der Waals surface area contributed by atoms with Crippen molar-refractivity contribution in [2.24, 2.45) is 0 Å².